The normalized spacial score (nSPS) is 14.1. The van der Waals surface area contributed by atoms with Gasteiger partial charge in [0.25, 0.3) is 10.0 Å². The Labute approximate surface area is 151 Å². The van der Waals surface area contributed by atoms with Crippen LogP contribution in [0.3, 0.4) is 0 Å². The fraction of sp³-hybridized carbons (Fsp3) is 0.158. The number of anilines is 1. The first-order valence-electron chi connectivity index (χ1n) is 8.33. The number of Topliss-reactive ketones (excluding diaryl/α,β-unsaturated/α-hetero) is 1. The molecule has 132 valence electrons. The van der Waals surface area contributed by atoms with Crippen molar-refractivity contribution < 1.29 is 13.2 Å². The average Bonchev–Trinajstić information content (AvgIpc) is 3.08. The summed E-state index contributed by atoms with van der Waals surface area (Å²) >= 11 is 0. The molecule has 26 heavy (non-hydrogen) atoms. The number of ketones is 1. The van der Waals surface area contributed by atoms with E-state index in [2.05, 4.69) is 9.82 Å². The van der Waals surface area contributed by atoms with Gasteiger partial charge in [0.2, 0.25) is 0 Å². The van der Waals surface area contributed by atoms with Gasteiger partial charge in [-0.1, -0.05) is 18.2 Å². The number of fused-ring (bicyclic) bond motifs is 1. The van der Waals surface area contributed by atoms with Crippen LogP contribution < -0.4 is 4.72 Å². The van der Waals surface area contributed by atoms with Crippen LogP contribution in [-0.4, -0.2) is 24.0 Å². The minimum atomic E-state index is -3.66. The highest BCUT2D eigenvalue weighted by atomic mass is 32.2. The average molecular weight is 367 g/mol. The molecule has 0 saturated carbocycles. The highest BCUT2D eigenvalue weighted by Crippen LogP contribution is 2.24. The van der Waals surface area contributed by atoms with Crippen molar-refractivity contribution in [2.45, 2.75) is 24.2 Å². The zero-order valence-corrected chi connectivity index (χ0v) is 14.7. The van der Waals surface area contributed by atoms with Crippen LogP contribution in [0.15, 0.2) is 65.7 Å². The Balaban J connectivity index is 1.62. The molecule has 2 aromatic carbocycles. The summed E-state index contributed by atoms with van der Waals surface area (Å²) in [6.07, 6.45) is 3.75. The van der Waals surface area contributed by atoms with Crippen molar-refractivity contribution in [3.8, 4) is 5.69 Å². The zero-order valence-electron chi connectivity index (χ0n) is 13.9. The number of carbonyl (C=O) groups is 1. The van der Waals surface area contributed by atoms with Crippen molar-refractivity contribution in [2.75, 3.05) is 4.72 Å². The molecule has 0 saturated heterocycles. The van der Waals surface area contributed by atoms with Gasteiger partial charge < -0.3 is 0 Å². The van der Waals surface area contributed by atoms with E-state index in [1.54, 1.807) is 59.4 Å². The lowest BCUT2D eigenvalue weighted by molar-refractivity contribution is 0.0972. The third kappa shape index (κ3) is 3.01. The van der Waals surface area contributed by atoms with Crippen molar-refractivity contribution >= 4 is 21.5 Å². The van der Waals surface area contributed by atoms with Crippen molar-refractivity contribution in [1.29, 1.82) is 0 Å². The molecule has 0 unspecified atom stereocenters. The SMILES string of the molecule is O=C1CCCc2c1cnn2-c1ccc(S(=O)(=O)Nc2ccccc2)cc1. The van der Waals surface area contributed by atoms with Crippen LogP contribution in [0.4, 0.5) is 5.69 Å². The van der Waals surface area contributed by atoms with Gasteiger partial charge in [0.1, 0.15) is 0 Å². The molecule has 1 N–H and O–H groups in total. The number of nitrogens with one attached hydrogen (secondary N) is 1. The maximum Gasteiger partial charge on any atom is 0.261 e. The lowest BCUT2D eigenvalue weighted by Crippen LogP contribution is -2.14. The van der Waals surface area contributed by atoms with Crippen molar-refractivity contribution in [3.63, 3.8) is 0 Å². The van der Waals surface area contributed by atoms with E-state index in [4.69, 9.17) is 0 Å². The first-order valence-corrected chi connectivity index (χ1v) is 9.81. The summed E-state index contributed by atoms with van der Waals surface area (Å²) in [6.45, 7) is 0. The van der Waals surface area contributed by atoms with Gasteiger partial charge >= 0.3 is 0 Å². The van der Waals surface area contributed by atoms with Gasteiger partial charge in [-0.3, -0.25) is 9.52 Å². The molecule has 0 aliphatic heterocycles. The number of nitrogens with zero attached hydrogens (tertiary/aromatic N) is 2. The standard InChI is InChI=1S/C19H17N3O3S/c23-19-8-4-7-18-17(19)13-20-22(18)15-9-11-16(12-10-15)26(24,25)21-14-5-2-1-3-6-14/h1-3,5-6,9-13,21H,4,7-8H2. The van der Waals surface area contributed by atoms with Crippen LogP contribution in [-0.2, 0) is 16.4 Å². The maximum atomic E-state index is 12.5. The fourth-order valence-electron chi connectivity index (χ4n) is 3.11. The minimum Gasteiger partial charge on any atom is -0.294 e. The van der Waals surface area contributed by atoms with E-state index in [0.717, 1.165) is 24.2 Å². The van der Waals surface area contributed by atoms with Crippen LogP contribution in [0.25, 0.3) is 5.69 Å². The van der Waals surface area contributed by atoms with Crippen molar-refractivity contribution in [3.05, 3.63) is 72.1 Å². The molecular weight excluding hydrogens is 350 g/mol. The first kappa shape index (κ1) is 16.5. The molecule has 1 aliphatic rings. The summed E-state index contributed by atoms with van der Waals surface area (Å²) in [5.41, 5.74) is 2.80. The number of hydrogen-bond donors (Lipinski definition) is 1. The van der Waals surface area contributed by atoms with Crippen LogP contribution in [0, 0.1) is 0 Å². The number of carbonyl (C=O) groups excluding carboxylic acids is 1. The van der Waals surface area contributed by atoms with Gasteiger partial charge in [-0.15, -0.1) is 0 Å². The predicted molar refractivity (Wildman–Crippen MR) is 98.1 cm³/mol. The predicted octanol–water partition coefficient (Wildman–Crippen LogP) is 3.19. The van der Waals surface area contributed by atoms with E-state index in [0.29, 0.717) is 17.7 Å². The monoisotopic (exact) mass is 367 g/mol. The molecule has 0 fully saturated rings. The number of benzene rings is 2. The lowest BCUT2D eigenvalue weighted by atomic mass is 9.97. The largest absolute Gasteiger partial charge is 0.294 e. The molecule has 7 heteroatoms. The second-order valence-electron chi connectivity index (χ2n) is 6.16. The fourth-order valence-corrected chi connectivity index (χ4v) is 4.17. The molecule has 6 nitrogen and oxygen atoms in total. The quantitative estimate of drug-likeness (QED) is 0.768. The molecule has 0 spiro atoms. The summed E-state index contributed by atoms with van der Waals surface area (Å²) in [5, 5.41) is 4.31. The van der Waals surface area contributed by atoms with E-state index in [-0.39, 0.29) is 10.7 Å². The van der Waals surface area contributed by atoms with Crippen LogP contribution >= 0.6 is 0 Å². The molecule has 0 amide bonds. The summed E-state index contributed by atoms with van der Waals surface area (Å²) in [6, 6.07) is 15.2. The zero-order chi connectivity index (χ0) is 18.1. The molecule has 0 atom stereocenters. The summed E-state index contributed by atoms with van der Waals surface area (Å²) in [5.74, 6) is 0.115. The Morgan fingerprint density at radius 3 is 2.42 bits per heavy atom. The number of para-hydroxylation sites is 1. The van der Waals surface area contributed by atoms with Crippen molar-refractivity contribution in [1.82, 2.24) is 9.78 Å². The summed E-state index contributed by atoms with van der Waals surface area (Å²) in [4.78, 5) is 12.1. The van der Waals surface area contributed by atoms with E-state index in [1.807, 2.05) is 6.07 Å². The van der Waals surface area contributed by atoms with Crippen LogP contribution in [0.2, 0.25) is 0 Å². The lowest BCUT2D eigenvalue weighted by Gasteiger charge is -2.13. The van der Waals surface area contributed by atoms with Gasteiger partial charge in [0.15, 0.2) is 5.78 Å². The molecule has 4 rings (SSSR count). The topological polar surface area (TPSA) is 81.1 Å². The number of aromatic nitrogens is 2. The maximum absolute atomic E-state index is 12.5. The van der Waals surface area contributed by atoms with Gasteiger partial charge in [-0.2, -0.15) is 5.10 Å². The molecule has 0 radical (unpaired) electrons. The Morgan fingerprint density at radius 1 is 0.962 bits per heavy atom. The second-order valence-corrected chi connectivity index (χ2v) is 7.84. The number of rotatable bonds is 4. The van der Waals surface area contributed by atoms with Gasteiger partial charge in [0, 0.05) is 12.1 Å². The molecule has 0 bridgehead atoms. The highest BCUT2D eigenvalue weighted by Gasteiger charge is 2.22. The molecule has 1 heterocycles. The highest BCUT2D eigenvalue weighted by molar-refractivity contribution is 7.92. The Bertz CT molecular complexity index is 1060. The van der Waals surface area contributed by atoms with Crippen molar-refractivity contribution in [2.24, 2.45) is 0 Å². The Hall–Kier alpha value is -2.93. The van der Waals surface area contributed by atoms with E-state index >= 15 is 0 Å². The molecule has 3 aromatic rings. The van der Waals surface area contributed by atoms with Gasteiger partial charge in [-0.05, 0) is 49.2 Å². The van der Waals surface area contributed by atoms with Gasteiger partial charge in [0.05, 0.1) is 28.0 Å². The third-order valence-electron chi connectivity index (χ3n) is 4.40. The minimum absolute atomic E-state index is 0.115. The summed E-state index contributed by atoms with van der Waals surface area (Å²) in [7, 11) is -3.66. The smallest absolute Gasteiger partial charge is 0.261 e. The van der Waals surface area contributed by atoms with Gasteiger partial charge in [-0.25, -0.2) is 13.1 Å². The number of sulfonamides is 1. The second kappa shape index (κ2) is 6.42. The molecule has 1 aromatic heterocycles. The summed E-state index contributed by atoms with van der Waals surface area (Å²) < 4.78 is 29.3. The Morgan fingerprint density at radius 2 is 1.69 bits per heavy atom. The number of hydrogen-bond acceptors (Lipinski definition) is 4. The van der Waals surface area contributed by atoms with Crippen LogP contribution in [0.5, 0.6) is 0 Å². The van der Waals surface area contributed by atoms with Crippen LogP contribution in [0.1, 0.15) is 28.9 Å². The van der Waals surface area contributed by atoms with E-state index in [1.165, 1.54) is 0 Å². The molecular formula is C19H17N3O3S. The van der Waals surface area contributed by atoms with E-state index < -0.39 is 10.0 Å². The molecule has 1 aliphatic carbocycles. The Kier molecular flexibility index (Phi) is 4.08. The third-order valence-corrected chi connectivity index (χ3v) is 5.80. The van der Waals surface area contributed by atoms with E-state index in [9.17, 15) is 13.2 Å². The first-order chi connectivity index (χ1) is 12.5.